The third kappa shape index (κ3) is 1.18. The quantitative estimate of drug-likeness (QED) is 0.670. The fourth-order valence-electron chi connectivity index (χ4n) is 1.60. The van der Waals surface area contributed by atoms with Crippen LogP contribution in [-0.2, 0) is 6.54 Å². The summed E-state index contributed by atoms with van der Waals surface area (Å²) in [7, 11) is 0. The number of para-hydroxylation sites is 1. The van der Waals surface area contributed by atoms with Crippen LogP contribution >= 0.6 is 0 Å². The van der Waals surface area contributed by atoms with Crippen LogP contribution in [0.5, 0.6) is 11.5 Å². The maximum atomic E-state index is 9.61. The lowest BCUT2D eigenvalue weighted by molar-refractivity contribution is -0.668. The molecular weight excluding hydrogens is 178 g/mol. The Hall–Kier alpha value is -1.77. The fourth-order valence-corrected chi connectivity index (χ4v) is 1.60. The van der Waals surface area contributed by atoms with Gasteiger partial charge < -0.3 is 10.2 Å². The SMILES string of the molecule is CC[n+]1cc(O)c(O)c2ccccc21. The fraction of sp³-hybridized carbons (Fsp3) is 0.182. The molecule has 3 heteroatoms. The molecule has 0 bridgehead atoms. The third-order valence-electron chi connectivity index (χ3n) is 2.33. The molecule has 0 atom stereocenters. The average molecular weight is 190 g/mol. The second-order valence-corrected chi connectivity index (χ2v) is 3.17. The molecule has 0 aliphatic rings. The van der Waals surface area contributed by atoms with Crippen molar-refractivity contribution in [2.24, 2.45) is 0 Å². The van der Waals surface area contributed by atoms with Crippen LogP contribution in [0.4, 0.5) is 0 Å². The van der Waals surface area contributed by atoms with Crippen LogP contribution in [0, 0.1) is 0 Å². The number of benzene rings is 1. The molecule has 0 fully saturated rings. The molecule has 0 aliphatic carbocycles. The van der Waals surface area contributed by atoms with E-state index in [1.807, 2.05) is 29.7 Å². The molecule has 72 valence electrons. The molecule has 0 saturated heterocycles. The molecule has 0 spiro atoms. The van der Waals surface area contributed by atoms with Crippen molar-refractivity contribution >= 4 is 10.9 Å². The van der Waals surface area contributed by atoms with Gasteiger partial charge in [0.25, 0.3) is 0 Å². The number of pyridine rings is 1. The van der Waals surface area contributed by atoms with E-state index in [0.29, 0.717) is 5.39 Å². The zero-order chi connectivity index (χ0) is 10.1. The molecule has 0 amide bonds. The normalized spacial score (nSPS) is 10.6. The minimum absolute atomic E-state index is 0.0506. The first kappa shape index (κ1) is 8.81. The van der Waals surface area contributed by atoms with Gasteiger partial charge in [-0.15, -0.1) is 0 Å². The second kappa shape index (κ2) is 3.18. The van der Waals surface area contributed by atoms with Crippen molar-refractivity contribution in [2.75, 3.05) is 0 Å². The van der Waals surface area contributed by atoms with Crippen LogP contribution in [0.2, 0.25) is 0 Å². The lowest BCUT2D eigenvalue weighted by Gasteiger charge is -2.02. The number of aryl methyl sites for hydroxylation is 1. The Balaban J connectivity index is 2.89. The maximum absolute atomic E-state index is 9.61. The highest BCUT2D eigenvalue weighted by Crippen LogP contribution is 2.30. The third-order valence-corrected chi connectivity index (χ3v) is 2.33. The molecule has 3 nitrogen and oxygen atoms in total. The minimum atomic E-state index is -0.0782. The molecule has 1 aromatic carbocycles. The summed E-state index contributed by atoms with van der Waals surface area (Å²) < 4.78 is 1.89. The molecule has 14 heavy (non-hydrogen) atoms. The van der Waals surface area contributed by atoms with Gasteiger partial charge in [-0.3, -0.25) is 0 Å². The topological polar surface area (TPSA) is 44.3 Å². The van der Waals surface area contributed by atoms with Crippen molar-refractivity contribution in [2.45, 2.75) is 13.5 Å². The van der Waals surface area contributed by atoms with Crippen molar-refractivity contribution < 1.29 is 14.8 Å². The van der Waals surface area contributed by atoms with Gasteiger partial charge in [0.2, 0.25) is 17.5 Å². The summed E-state index contributed by atoms with van der Waals surface area (Å²) in [5.74, 6) is -0.129. The van der Waals surface area contributed by atoms with E-state index in [0.717, 1.165) is 12.1 Å². The zero-order valence-corrected chi connectivity index (χ0v) is 7.94. The summed E-state index contributed by atoms with van der Waals surface area (Å²) in [6.07, 6.45) is 1.54. The Morgan fingerprint density at radius 3 is 2.64 bits per heavy atom. The van der Waals surface area contributed by atoms with E-state index in [2.05, 4.69) is 0 Å². The molecule has 1 aromatic heterocycles. The van der Waals surface area contributed by atoms with Gasteiger partial charge in [0, 0.05) is 6.07 Å². The maximum Gasteiger partial charge on any atom is 0.223 e. The van der Waals surface area contributed by atoms with Crippen molar-refractivity contribution in [1.82, 2.24) is 0 Å². The van der Waals surface area contributed by atoms with Gasteiger partial charge in [-0.25, -0.2) is 0 Å². The number of hydrogen-bond donors (Lipinski definition) is 2. The molecule has 0 radical (unpaired) electrons. The van der Waals surface area contributed by atoms with Crippen LogP contribution < -0.4 is 4.57 Å². The molecular formula is C11H12NO2+. The summed E-state index contributed by atoms with van der Waals surface area (Å²) in [5, 5.41) is 19.7. The van der Waals surface area contributed by atoms with Gasteiger partial charge in [0.05, 0.1) is 5.39 Å². The van der Waals surface area contributed by atoms with E-state index in [-0.39, 0.29) is 11.5 Å². The predicted molar refractivity (Wildman–Crippen MR) is 53.1 cm³/mol. The van der Waals surface area contributed by atoms with Crippen LogP contribution in [0.1, 0.15) is 6.92 Å². The Morgan fingerprint density at radius 1 is 1.21 bits per heavy atom. The highest BCUT2D eigenvalue weighted by molar-refractivity contribution is 5.84. The van der Waals surface area contributed by atoms with Gasteiger partial charge in [0.15, 0.2) is 5.75 Å². The number of rotatable bonds is 1. The van der Waals surface area contributed by atoms with Crippen LogP contribution in [0.25, 0.3) is 10.9 Å². The van der Waals surface area contributed by atoms with Crippen LogP contribution in [0.3, 0.4) is 0 Å². The van der Waals surface area contributed by atoms with Crippen molar-refractivity contribution in [3.8, 4) is 11.5 Å². The molecule has 0 unspecified atom stereocenters. The molecule has 0 saturated carbocycles. The summed E-state index contributed by atoms with van der Waals surface area (Å²) in [6, 6.07) is 7.45. The number of nitrogens with zero attached hydrogens (tertiary/aromatic N) is 1. The summed E-state index contributed by atoms with van der Waals surface area (Å²) in [5.41, 5.74) is 0.922. The zero-order valence-electron chi connectivity index (χ0n) is 7.94. The Labute approximate surface area is 81.9 Å². The highest BCUT2D eigenvalue weighted by atomic mass is 16.3. The van der Waals surface area contributed by atoms with Gasteiger partial charge in [-0.2, -0.15) is 4.57 Å². The van der Waals surface area contributed by atoms with Crippen molar-refractivity contribution in [3.63, 3.8) is 0 Å². The van der Waals surface area contributed by atoms with Gasteiger partial charge in [-0.05, 0) is 13.0 Å². The van der Waals surface area contributed by atoms with E-state index < -0.39 is 0 Å². The number of aromatic nitrogens is 1. The van der Waals surface area contributed by atoms with Gasteiger partial charge >= 0.3 is 0 Å². The number of hydrogen-bond acceptors (Lipinski definition) is 2. The Kier molecular flexibility index (Phi) is 2.00. The molecule has 2 N–H and O–H groups in total. The summed E-state index contributed by atoms with van der Waals surface area (Å²) in [6.45, 7) is 2.75. The van der Waals surface area contributed by atoms with Gasteiger partial charge in [0.1, 0.15) is 6.54 Å². The molecule has 2 aromatic rings. The van der Waals surface area contributed by atoms with Crippen molar-refractivity contribution in [3.05, 3.63) is 30.5 Å². The Bertz CT molecular complexity index is 480. The Morgan fingerprint density at radius 2 is 1.93 bits per heavy atom. The first-order valence-corrected chi connectivity index (χ1v) is 4.57. The lowest BCUT2D eigenvalue weighted by Crippen LogP contribution is -2.32. The van der Waals surface area contributed by atoms with Crippen LogP contribution in [0.15, 0.2) is 30.5 Å². The summed E-state index contributed by atoms with van der Waals surface area (Å²) in [4.78, 5) is 0. The molecule has 0 aliphatic heterocycles. The largest absolute Gasteiger partial charge is 0.504 e. The van der Waals surface area contributed by atoms with E-state index in [1.165, 1.54) is 6.20 Å². The first-order valence-electron chi connectivity index (χ1n) is 4.57. The lowest BCUT2D eigenvalue weighted by atomic mass is 10.2. The van der Waals surface area contributed by atoms with E-state index in [1.54, 1.807) is 6.07 Å². The predicted octanol–water partition coefficient (Wildman–Crippen LogP) is 1.56. The number of fused-ring (bicyclic) bond motifs is 1. The standard InChI is InChI=1S/C11H11NO2/c1-2-12-7-10(13)11(14)8-5-3-4-6-9(8)12/h3-7,13H,2H2,1H3/p+1. The van der Waals surface area contributed by atoms with E-state index in [4.69, 9.17) is 0 Å². The van der Waals surface area contributed by atoms with E-state index in [9.17, 15) is 10.2 Å². The second-order valence-electron chi connectivity index (χ2n) is 3.17. The van der Waals surface area contributed by atoms with Crippen LogP contribution in [-0.4, -0.2) is 10.2 Å². The first-order chi connectivity index (χ1) is 6.74. The molecule has 2 rings (SSSR count). The average Bonchev–Trinajstić information content (AvgIpc) is 2.23. The minimum Gasteiger partial charge on any atom is -0.504 e. The summed E-state index contributed by atoms with van der Waals surface area (Å²) >= 11 is 0. The molecule has 1 heterocycles. The monoisotopic (exact) mass is 190 g/mol. The van der Waals surface area contributed by atoms with E-state index >= 15 is 0 Å². The smallest absolute Gasteiger partial charge is 0.223 e. The van der Waals surface area contributed by atoms with Gasteiger partial charge in [-0.1, -0.05) is 12.1 Å². The van der Waals surface area contributed by atoms with Crippen molar-refractivity contribution in [1.29, 1.82) is 0 Å². The number of aromatic hydroxyl groups is 2. The highest BCUT2D eigenvalue weighted by Gasteiger charge is 2.14.